The van der Waals surface area contributed by atoms with Crippen molar-refractivity contribution in [1.29, 1.82) is 0 Å². The fourth-order valence-electron chi connectivity index (χ4n) is 2.18. The number of carbonyl (C=O) groups is 2. The van der Waals surface area contributed by atoms with Crippen LogP contribution < -0.4 is 5.32 Å². The van der Waals surface area contributed by atoms with Crippen molar-refractivity contribution in [3.05, 3.63) is 69.8 Å². The van der Waals surface area contributed by atoms with Crippen molar-refractivity contribution in [3.8, 4) is 0 Å². The van der Waals surface area contributed by atoms with E-state index in [0.717, 1.165) is 17.7 Å². The summed E-state index contributed by atoms with van der Waals surface area (Å²) in [7, 11) is 0. The van der Waals surface area contributed by atoms with Gasteiger partial charge in [-0.05, 0) is 55.3 Å². The van der Waals surface area contributed by atoms with Crippen LogP contribution in [0.25, 0.3) is 6.08 Å². The number of alkyl halides is 3. The first kappa shape index (κ1) is 19.7. The molecule has 0 aliphatic heterocycles. The monoisotopic (exact) mass is 381 g/mol. The highest BCUT2D eigenvalue weighted by atomic mass is 35.5. The Kier molecular flexibility index (Phi) is 5.87. The second-order valence-electron chi connectivity index (χ2n) is 5.65. The van der Waals surface area contributed by atoms with E-state index >= 15 is 0 Å². The molecule has 136 valence electrons. The Labute approximate surface area is 153 Å². The largest absolute Gasteiger partial charge is 0.416 e. The van der Waals surface area contributed by atoms with Gasteiger partial charge < -0.3 is 5.32 Å². The lowest BCUT2D eigenvalue weighted by Crippen LogP contribution is -2.19. The van der Waals surface area contributed by atoms with Gasteiger partial charge in [0.15, 0.2) is 5.78 Å². The molecule has 1 N–H and O–H groups in total. The number of anilines is 1. The van der Waals surface area contributed by atoms with Crippen LogP contribution in [0.3, 0.4) is 0 Å². The minimum absolute atomic E-state index is 0.177. The van der Waals surface area contributed by atoms with E-state index in [1.807, 2.05) is 0 Å². The number of Topliss-reactive ketones (excluding diaryl/α,β-unsaturated/α-hetero) is 1. The molecule has 0 aliphatic rings. The first-order valence-corrected chi connectivity index (χ1v) is 7.93. The van der Waals surface area contributed by atoms with E-state index in [1.54, 1.807) is 25.1 Å². The number of hydrogen-bond acceptors (Lipinski definition) is 2. The summed E-state index contributed by atoms with van der Waals surface area (Å²) in [5.74, 6) is -1.18. The summed E-state index contributed by atoms with van der Waals surface area (Å²) in [5.41, 5.74) is 0.519. The maximum atomic E-state index is 12.6. The molecule has 3 nitrogen and oxygen atoms in total. The summed E-state index contributed by atoms with van der Waals surface area (Å²) >= 11 is 5.90. The number of carbonyl (C=O) groups excluding carboxylic acids is 2. The van der Waals surface area contributed by atoms with Crippen LogP contribution in [-0.4, -0.2) is 11.7 Å². The molecular formula is C19H15ClF3NO2. The van der Waals surface area contributed by atoms with Gasteiger partial charge in [-0.25, -0.2) is 0 Å². The van der Waals surface area contributed by atoms with Gasteiger partial charge in [0.25, 0.3) is 5.91 Å². The van der Waals surface area contributed by atoms with Crippen LogP contribution >= 0.6 is 11.6 Å². The predicted octanol–water partition coefficient (Wildman–Crippen LogP) is 5.28. The molecule has 0 bridgehead atoms. The Balaban J connectivity index is 2.30. The van der Waals surface area contributed by atoms with Gasteiger partial charge in [-0.2, -0.15) is 13.2 Å². The van der Waals surface area contributed by atoms with Gasteiger partial charge >= 0.3 is 6.18 Å². The van der Waals surface area contributed by atoms with Crippen molar-refractivity contribution in [2.24, 2.45) is 0 Å². The molecule has 0 spiro atoms. The summed E-state index contributed by atoms with van der Waals surface area (Å²) in [4.78, 5) is 24.2. The van der Waals surface area contributed by atoms with Crippen molar-refractivity contribution in [3.63, 3.8) is 0 Å². The molecule has 0 saturated carbocycles. The molecule has 2 rings (SSSR count). The highest BCUT2D eigenvalue weighted by molar-refractivity contribution is 6.31. The number of rotatable bonds is 4. The topological polar surface area (TPSA) is 46.2 Å². The Morgan fingerprint density at radius 2 is 1.69 bits per heavy atom. The molecule has 2 aromatic rings. The van der Waals surface area contributed by atoms with Crippen molar-refractivity contribution < 1.29 is 22.8 Å². The maximum Gasteiger partial charge on any atom is 0.416 e. The molecule has 0 aliphatic carbocycles. The molecule has 0 heterocycles. The van der Waals surface area contributed by atoms with Crippen molar-refractivity contribution in [2.45, 2.75) is 20.0 Å². The number of halogens is 4. The van der Waals surface area contributed by atoms with E-state index < -0.39 is 23.4 Å². The highest BCUT2D eigenvalue weighted by Gasteiger charge is 2.29. The minimum atomic E-state index is -4.45. The van der Waals surface area contributed by atoms with Gasteiger partial charge in [0, 0.05) is 10.7 Å². The summed E-state index contributed by atoms with van der Waals surface area (Å²) < 4.78 is 37.8. The number of ketones is 1. The molecule has 1 amide bonds. The summed E-state index contributed by atoms with van der Waals surface area (Å²) in [6.07, 6.45) is -3.20. The number of hydrogen-bond donors (Lipinski definition) is 1. The van der Waals surface area contributed by atoms with Crippen molar-refractivity contribution in [1.82, 2.24) is 0 Å². The van der Waals surface area contributed by atoms with E-state index in [4.69, 9.17) is 11.6 Å². The lowest BCUT2D eigenvalue weighted by molar-refractivity contribution is -0.137. The first-order valence-electron chi connectivity index (χ1n) is 7.55. The van der Waals surface area contributed by atoms with Gasteiger partial charge in [-0.1, -0.05) is 29.8 Å². The van der Waals surface area contributed by atoms with E-state index in [9.17, 15) is 22.8 Å². The molecule has 0 aromatic heterocycles. The second-order valence-corrected chi connectivity index (χ2v) is 6.08. The van der Waals surface area contributed by atoms with E-state index in [0.29, 0.717) is 16.3 Å². The average molecular weight is 382 g/mol. The molecular weight excluding hydrogens is 367 g/mol. The molecule has 0 fully saturated rings. The lowest BCUT2D eigenvalue weighted by Gasteiger charge is -2.10. The molecule has 0 atom stereocenters. The standard InChI is InChI=1S/C19H15ClF3NO2/c1-11-3-8-15(20)10-17(11)24-18(26)16(12(2)25)9-13-4-6-14(7-5-13)19(21,22)23/h3-10H,1-2H3,(H,24,26). The quantitative estimate of drug-likeness (QED) is 0.445. The number of amides is 1. The van der Waals surface area contributed by atoms with Gasteiger partial charge in [0.2, 0.25) is 0 Å². The minimum Gasteiger partial charge on any atom is -0.322 e. The fourth-order valence-corrected chi connectivity index (χ4v) is 2.35. The molecule has 26 heavy (non-hydrogen) atoms. The third kappa shape index (κ3) is 4.95. The molecule has 7 heteroatoms. The Bertz CT molecular complexity index is 871. The van der Waals surface area contributed by atoms with Gasteiger partial charge in [-0.3, -0.25) is 9.59 Å². The normalized spacial score (nSPS) is 12.0. The Hall–Kier alpha value is -2.60. The summed E-state index contributed by atoms with van der Waals surface area (Å²) in [6, 6.07) is 9.10. The van der Waals surface area contributed by atoms with E-state index in [2.05, 4.69) is 5.32 Å². The van der Waals surface area contributed by atoms with Gasteiger partial charge in [-0.15, -0.1) is 0 Å². The Morgan fingerprint density at radius 3 is 2.23 bits per heavy atom. The second kappa shape index (κ2) is 7.74. The Morgan fingerprint density at radius 1 is 1.08 bits per heavy atom. The van der Waals surface area contributed by atoms with Gasteiger partial charge in [0.05, 0.1) is 11.1 Å². The molecule has 0 unspecified atom stereocenters. The van der Waals surface area contributed by atoms with Crippen LogP contribution in [0.4, 0.5) is 18.9 Å². The highest BCUT2D eigenvalue weighted by Crippen LogP contribution is 2.29. The zero-order valence-corrected chi connectivity index (χ0v) is 14.7. The van der Waals surface area contributed by atoms with Crippen LogP contribution in [0, 0.1) is 6.92 Å². The van der Waals surface area contributed by atoms with Crippen molar-refractivity contribution in [2.75, 3.05) is 5.32 Å². The smallest absolute Gasteiger partial charge is 0.322 e. The van der Waals surface area contributed by atoms with Crippen LogP contribution in [0.2, 0.25) is 5.02 Å². The number of aryl methyl sites for hydroxylation is 1. The fraction of sp³-hybridized carbons (Fsp3) is 0.158. The molecule has 0 saturated heterocycles. The predicted molar refractivity (Wildman–Crippen MR) is 94.9 cm³/mol. The third-order valence-corrected chi connectivity index (χ3v) is 3.86. The van der Waals surface area contributed by atoms with Crippen LogP contribution in [-0.2, 0) is 15.8 Å². The third-order valence-electron chi connectivity index (χ3n) is 3.62. The summed E-state index contributed by atoms with van der Waals surface area (Å²) in [5, 5.41) is 3.01. The van der Waals surface area contributed by atoms with E-state index in [1.165, 1.54) is 25.1 Å². The lowest BCUT2D eigenvalue weighted by atomic mass is 10.0. The summed E-state index contributed by atoms with van der Waals surface area (Å²) in [6.45, 7) is 2.97. The number of nitrogens with one attached hydrogen (secondary N) is 1. The zero-order chi connectivity index (χ0) is 19.5. The molecule has 0 radical (unpaired) electrons. The zero-order valence-electron chi connectivity index (χ0n) is 13.9. The van der Waals surface area contributed by atoms with Crippen LogP contribution in [0.5, 0.6) is 0 Å². The average Bonchev–Trinajstić information content (AvgIpc) is 2.55. The van der Waals surface area contributed by atoms with Crippen LogP contribution in [0.15, 0.2) is 48.0 Å². The van der Waals surface area contributed by atoms with E-state index in [-0.39, 0.29) is 5.57 Å². The van der Waals surface area contributed by atoms with Gasteiger partial charge in [0.1, 0.15) is 0 Å². The first-order chi connectivity index (χ1) is 12.1. The van der Waals surface area contributed by atoms with Crippen molar-refractivity contribution >= 4 is 35.1 Å². The number of benzene rings is 2. The maximum absolute atomic E-state index is 12.6. The van der Waals surface area contributed by atoms with Crippen LogP contribution in [0.1, 0.15) is 23.6 Å². The SMILES string of the molecule is CC(=O)C(=Cc1ccc(C(F)(F)F)cc1)C(=O)Nc1cc(Cl)ccc1C. The molecule has 2 aromatic carbocycles.